The molecule has 0 fully saturated rings. The van der Waals surface area contributed by atoms with Gasteiger partial charge >= 0.3 is 0 Å². The number of carbonyl (C=O) groups is 1. The minimum atomic E-state index is -0.347. The quantitative estimate of drug-likeness (QED) is 0.452. The van der Waals surface area contributed by atoms with Crippen molar-refractivity contribution in [1.29, 1.82) is 0 Å². The van der Waals surface area contributed by atoms with Crippen LogP contribution >= 0.6 is 15.9 Å². The molecule has 3 aromatic carbocycles. The van der Waals surface area contributed by atoms with Gasteiger partial charge in [-0.25, -0.2) is 5.43 Å². The number of hydrogen-bond acceptors (Lipinski definition) is 4. The van der Waals surface area contributed by atoms with Crippen molar-refractivity contribution in [2.24, 2.45) is 5.10 Å². The molecule has 0 aromatic heterocycles. The number of aromatic hydroxyl groups is 1. The lowest BCUT2D eigenvalue weighted by Crippen LogP contribution is -2.17. The van der Waals surface area contributed by atoms with E-state index in [1.54, 1.807) is 48.5 Å². The van der Waals surface area contributed by atoms with E-state index in [4.69, 9.17) is 4.74 Å². The maximum absolute atomic E-state index is 12.1. The SMILES string of the molecule is O=C(NN=Cc1ccccc1O)c1ccc(OCc2cccc(Br)c2)cc1. The van der Waals surface area contributed by atoms with E-state index in [2.05, 4.69) is 26.5 Å². The summed E-state index contributed by atoms with van der Waals surface area (Å²) in [5.74, 6) is 0.423. The van der Waals surface area contributed by atoms with E-state index in [0.29, 0.717) is 23.5 Å². The van der Waals surface area contributed by atoms with E-state index < -0.39 is 0 Å². The van der Waals surface area contributed by atoms with Crippen LogP contribution in [0.4, 0.5) is 0 Å². The Kier molecular flexibility index (Phi) is 6.22. The predicted octanol–water partition coefficient (Wildman–Crippen LogP) is 4.50. The minimum absolute atomic E-state index is 0.0995. The largest absolute Gasteiger partial charge is 0.507 e. The molecule has 0 aliphatic rings. The third-order valence-electron chi connectivity index (χ3n) is 3.72. The monoisotopic (exact) mass is 424 g/mol. The first-order chi connectivity index (χ1) is 13.1. The van der Waals surface area contributed by atoms with Gasteiger partial charge in [0.05, 0.1) is 6.21 Å². The van der Waals surface area contributed by atoms with Crippen molar-refractivity contribution in [3.05, 3.63) is 94.0 Å². The van der Waals surface area contributed by atoms with E-state index in [0.717, 1.165) is 10.0 Å². The van der Waals surface area contributed by atoms with Crippen LogP contribution in [0.25, 0.3) is 0 Å². The number of halogens is 1. The van der Waals surface area contributed by atoms with E-state index >= 15 is 0 Å². The standard InChI is InChI=1S/C21H17BrN2O3/c22-18-6-3-4-15(12-18)14-27-19-10-8-16(9-11-19)21(26)24-23-13-17-5-1-2-7-20(17)25/h1-13,25H,14H2,(H,24,26). The number of para-hydroxylation sites is 1. The maximum Gasteiger partial charge on any atom is 0.271 e. The van der Waals surface area contributed by atoms with Crippen molar-refractivity contribution < 1.29 is 14.6 Å². The number of ether oxygens (including phenoxy) is 1. The Morgan fingerprint density at radius 2 is 1.85 bits per heavy atom. The molecule has 1 amide bonds. The second kappa shape index (κ2) is 9.00. The predicted molar refractivity (Wildman–Crippen MR) is 108 cm³/mol. The summed E-state index contributed by atoms with van der Waals surface area (Å²) in [6.07, 6.45) is 1.39. The average molecular weight is 425 g/mol. The van der Waals surface area contributed by atoms with E-state index in [9.17, 15) is 9.90 Å². The van der Waals surface area contributed by atoms with Gasteiger partial charge in [-0.3, -0.25) is 4.79 Å². The molecule has 27 heavy (non-hydrogen) atoms. The molecule has 3 aromatic rings. The van der Waals surface area contributed by atoms with Crippen molar-refractivity contribution in [2.75, 3.05) is 0 Å². The number of hydrazone groups is 1. The van der Waals surface area contributed by atoms with Crippen molar-refractivity contribution in [1.82, 2.24) is 5.43 Å². The van der Waals surface area contributed by atoms with Gasteiger partial charge in [0.1, 0.15) is 18.1 Å². The van der Waals surface area contributed by atoms with Crippen molar-refractivity contribution in [3.8, 4) is 11.5 Å². The zero-order valence-electron chi connectivity index (χ0n) is 14.3. The Morgan fingerprint density at radius 3 is 2.59 bits per heavy atom. The number of rotatable bonds is 6. The summed E-state index contributed by atoms with van der Waals surface area (Å²) in [6.45, 7) is 0.440. The molecular formula is C21H17BrN2O3. The fourth-order valence-electron chi connectivity index (χ4n) is 2.32. The van der Waals surface area contributed by atoms with Crippen LogP contribution in [0.15, 0.2) is 82.4 Å². The normalized spacial score (nSPS) is 10.7. The highest BCUT2D eigenvalue weighted by molar-refractivity contribution is 9.10. The number of nitrogens with one attached hydrogen (secondary N) is 1. The molecule has 0 radical (unpaired) electrons. The number of amides is 1. The van der Waals surface area contributed by atoms with Crippen LogP contribution in [0.5, 0.6) is 11.5 Å². The molecule has 0 unspecified atom stereocenters. The second-order valence-electron chi connectivity index (χ2n) is 5.70. The third kappa shape index (κ3) is 5.43. The molecule has 0 atom stereocenters. The van der Waals surface area contributed by atoms with Gasteiger partial charge in [0.2, 0.25) is 0 Å². The number of phenols is 1. The first kappa shape index (κ1) is 18.7. The molecule has 0 aliphatic heterocycles. The molecule has 0 heterocycles. The highest BCUT2D eigenvalue weighted by Gasteiger charge is 2.05. The summed E-state index contributed by atoms with van der Waals surface area (Å²) in [7, 11) is 0. The first-order valence-electron chi connectivity index (χ1n) is 8.20. The van der Waals surface area contributed by atoms with Crippen LogP contribution in [-0.4, -0.2) is 17.2 Å². The number of hydrogen-bond donors (Lipinski definition) is 2. The van der Waals surface area contributed by atoms with Crippen LogP contribution < -0.4 is 10.2 Å². The maximum atomic E-state index is 12.1. The molecule has 0 saturated carbocycles. The highest BCUT2D eigenvalue weighted by atomic mass is 79.9. The highest BCUT2D eigenvalue weighted by Crippen LogP contribution is 2.17. The van der Waals surface area contributed by atoms with Gasteiger partial charge in [-0.1, -0.05) is 40.2 Å². The lowest BCUT2D eigenvalue weighted by molar-refractivity contribution is 0.0955. The van der Waals surface area contributed by atoms with Gasteiger partial charge in [0.25, 0.3) is 5.91 Å². The summed E-state index contributed by atoms with van der Waals surface area (Å²) in [6, 6.07) is 21.4. The number of phenolic OH excluding ortho intramolecular Hbond substituents is 1. The molecule has 3 rings (SSSR count). The Morgan fingerprint density at radius 1 is 1.07 bits per heavy atom. The van der Waals surface area contributed by atoms with Crippen LogP contribution in [0, 0.1) is 0 Å². The molecule has 2 N–H and O–H groups in total. The molecule has 136 valence electrons. The van der Waals surface area contributed by atoms with Gasteiger partial charge in [-0.15, -0.1) is 0 Å². The summed E-state index contributed by atoms with van der Waals surface area (Å²) >= 11 is 3.43. The van der Waals surface area contributed by atoms with Crippen molar-refractivity contribution >= 4 is 28.1 Å². The first-order valence-corrected chi connectivity index (χ1v) is 9.00. The van der Waals surface area contributed by atoms with Gasteiger partial charge in [-0.05, 0) is 54.1 Å². The Labute approximate surface area is 165 Å². The fourth-order valence-corrected chi connectivity index (χ4v) is 2.76. The van der Waals surface area contributed by atoms with Crippen molar-refractivity contribution in [3.63, 3.8) is 0 Å². The zero-order chi connectivity index (χ0) is 19.1. The smallest absolute Gasteiger partial charge is 0.271 e. The van der Waals surface area contributed by atoms with E-state index in [1.165, 1.54) is 6.21 Å². The Balaban J connectivity index is 1.55. The summed E-state index contributed by atoms with van der Waals surface area (Å²) in [5.41, 5.74) is 4.46. The zero-order valence-corrected chi connectivity index (χ0v) is 15.9. The van der Waals surface area contributed by atoms with Gasteiger partial charge in [0, 0.05) is 15.6 Å². The number of carbonyl (C=O) groups excluding carboxylic acids is 1. The topological polar surface area (TPSA) is 70.9 Å². The Hall–Kier alpha value is -3.12. The fraction of sp³-hybridized carbons (Fsp3) is 0.0476. The van der Waals surface area contributed by atoms with Crippen LogP contribution in [0.2, 0.25) is 0 Å². The lowest BCUT2D eigenvalue weighted by atomic mass is 10.2. The molecule has 6 heteroatoms. The minimum Gasteiger partial charge on any atom is -0.507 e. The molecule has 0 aliphatic carbocycles. The van der Waals surface area contributed by atoms with Crippen LogP contribution in [-0.2, 0) is 6.61 Å². The number of nitrogens with zero attached hydrogens (tertiary/aromatic N) is 1. The van der Waals surface area contributed by atoms with E-state index in [1.807, 2.05) is 24.3 Å². The van der Waals surface area contributed by atoms with Gasteiger partial charge in [-0.2, -0.15) is 5.10 Å². The van der Waals surface area contributed by atoms with E-state index in [-0.39, 0.29) is 11.7 Å². The lowest BCUT2D eigenvalue weighted by Gasteiger charge is -2.07. The average Bonchev–Trinajstić information content (AvgIpc) is 2.68. The summed E-state index contributed by atoms with van der Waals surface area (Å²) < 4.78 is 6.72. The molecular weight excluding hydrogens is 408 g/mol. The molecule has 0 saturated heterocycles. The van der Waals surface area contributed by atoms with Gasteiger partial charge < -0.3 is 9.84 Å². The Bertz CT molecular complexity index is 956. The second-order valence-corrected chi connectivity index (χ2v) is 6.62. The molecule has 5 nitrogen and oxygen atoms in total. The van der Waals surface area contributed by atoms with Gasteiger partial charge in [0.15, 0.2) is 0 Å². The van der Waals surface area contributed by atoms with Crippen LogP contribution in [0.3, 0.4) is 0 Å². The summed E-state index contributed by atoms with van der Waals surface area (Å²) in [4.78, 5) is 12.1. The van der Waals surface area contributed by atoms with Crippen molar-refractivity contribution in [2.45, 2.75) is 6.61 Å². The third-order valence-corrected chi connectivity index (χ3v) is 4.21. The number of benzene rings is 3. The molecule has 0 spiro atoms. The summed E-state index contributed by atoms with van der Waals surface area (Å²) in [5, 5.41) is 13.5. The van der Waals surface area contributed by atoms with Crippen LogP contribution in [0.1, 0.15) is 21.5 Å². The molecule has 0 bridgehead atoms.